The Balaban J connectivity index is 1.98. The highest BCUT2D eigenvalue weighted by Crippen LogP contribution is 2.27. The number of piperidine rings is 1. The maximum Gasteiger partial charge on any atom is 0.407 e. The van der Waals surface area contributed by atoms with Crippen molar-refractivity contribution in [2.45, 2.75) is 6.42 Å². The normalized spacial score (nSPS) is 34.8. The standard InChI is InChI=1S/C8H14N2O2/c11-8(12)10-4-6-1-2-9-3-7(6)5-10/h6-7,9H,1-5H2,(H,11,12). The summed E-state index contributed by atoms with van der Waals surface area (Å²) in [6.45, 7) is 3.53. The van der Waals surface area contributed by atoms with Crippen molar-refractivity contribution in [3.05, 3.63) is 0 Å². The van der Waals surface area contributed by atoms with Crippen molar-refractivity contribution in [2.24, 2.45) is 11.8 Å². The second-order valence-electron chi connectivity index (χ2n) is 3.70. The molecule has 0 spiro atoms. The van der Waals surface area contributed by atoms with Crippen LogP contribution in [0.5, 0.6) is 0 Å². The van der Waals surface area contributed by atoms with Gasteiger partial charge in [0.2, 0.25) is 0 Å². The molecule has 2 fully saturated rings. The predicted molar refractivity (Wildman–Crippen MR) is 44.1 cm³/mol. The highest BCUT2D eigenvalue weighted by Gasteiger charge is 2.36. The molecule has 2 rings (SSSR count). The molecule has 4 nitrogen and oxygen atoms in total. The molecule has 4 heteroatoms. The van der Waals surface area contributed by atoms with Crippen molar-refractivity contribution in [1.29, 1.82) is 0 Å². The van der Waals surface area contributed by atoms with Gasteiger partial charge in [0.1, 0.15) is 0 Å². The van der Waals surface area contributed by atoms with E-state index in [-0.39, 0.29) is 0 Å². The third-order valence-corrected chi connectivity index (χ3v) is 2.95. The van der Waals surface area contributed by atoms with E-state index in [1.165, 1.54) is 0 Å². The average Bonchev–Trinajstić information content (AvgIpc) is 2.46. The van der Waals surface area contributed by atoms with Crippen molar-refractivity contribution in [2.75, 3.05) is 26.2 Å². The molecule has 2 aliphatic heterocycles. The summed E-state index contributed by atoms with van der Waals surface area (Å²) in [5.74, 6) is 1.18. The fourth-order valence-corrected chi connectivity index (χ4v) is 2.23. The van der Waals surface area contributed by atoms with Crippen molar-refractivity contribution < 1.29 is 9.90 Å². The molecule has 0 bridgehead atoms. The van der Waals surface area contributed by atoms with Crippen LogP contribution in [-0.4, -0.2) is 42.3 Å². The molecule has 68 valence electrons. The van der Waals surface area contributed by atoms with Crippen LogP contribution in [0.15, 0.2) is 0 Å². The Kier molecular flexibility index (Phi) is 1.92. The lowest BCUT2D eigenvalue weighted by molar-refractivity contribution is 0.153. The zero-order chi connectivity index (χ0) is 8.55. The van der Waals surface area contributed by atoms with Crippen LogP contribution in [0.3, 0.4) is 0 Å². The number of nitrogens with zero attached hydrogens (tertiary/aromatic N) is 1. The Bertz CT molecular complexity index is 181. The fourth-order valence-electron chi connectivity index (χ4n) is 2.23. The van der Waals surface area contributed by atoms with Gasteiger partial charge < -0.3 is 15.3 Å². The molecule has 2 aliphatic rings. The lowest BCUT2D eigenvalue weighted by Crippen LogP contribution is -2.35. The molecular weight excluding hydrogens is 156 g/mol. The van der Waals surface area contributed by atoms with Gasteiger partial charge in [-0.05, 0) is 31.3 Å². The van der Waals surface area contributed by atoms with E-state index < -0.39 is 6.09 Å². The second-order valence-corrected chi connectivity index (χ2v) is 3.70. The van der Waals surface area contributed by atoms with Gasteiger partial charge in [-0.25, -0.2) is 4.79 Å². The number of nitrogens with one attached hydrogen (secondary N) is 1. The Morgan fingerprint density at radius 3 is 2.83 bits per heavy atom. The first-order valence-electron chi connectivity index (χ1n) is 4.46. The van der Waals surface area contributed by atoms with Crippen LogP contribution < -0.4 is 5.32 Å². The Hall–Kier alpha value is -0.770. The summed E-state index contributed by atoms with van der Waals surface area (Å²) in [6, 6.07) is 0. The zero-order valence-electron chi connectivity index (χ0n) is 6.99. The lowest BCUT2D eigenvalue weighted by Gasteiger charge is -2.23. The van der Waals surface area contributed by atoms with Crippen molar-refractivity contribution in [3.63, 3.8) is 0 Å². The van der Waals surface area contributed by atoms with Gasteiger partial charge in [-0.15, -0.1) is 0 Å². The third kappa shape index (κ3) is 1.27. The minimum Gasteiger partial charge on any atom is -0.465 e. The Morgan fingerprint density at radius 1 is 1.42 bits per heavy atom. The summed E-state index contributed by atoms with van der Waals surface area (Å²) >= 11 is 0. The highest BCUT2D eigenvalue weighted by molar-refractivity contribution is 5.65. The SMILES string of the molecule is O=C(O)N1CC2CCNCC2C1. The molecule has 2 atom stereocenters. The van der Waals surface area contributed by atoms with Crippen LogP contribution in [0, 0.1) is 11.8 Å². The minimum absolute atomic E-state index is 0.565. The highest BCUT2D eigenvalue weighted by atomic mass is 16.4. The molecular formula is C8H14N2O2. The molecule has 0 radical (unpaired) electrons. The Labute approximate surface area is 71.5 Å². The number of carbonyl (C=O) groups is 1. The molecule has 2 saturated heterocycles. The van der Waals surface area contributed by atoms with E-state index in [1.807, 2.05) is 0 Å². The van der Waals surface area contributed by atoms with E-state index in [1.54, 1.807) is 4.90 Å². The maximum absolute atomic E-state index is 10.7. The first-order chi connectivity index (χ1) is 5.77. The maximum atomic E-state index is 10.7. The van der Waals surface area contributed by atoms with Gasteiger partial charge in [-0.1, -0.05) is 0 Å². The first kappa shape index (κ1) is 7.86. The molecule has 0 saturated carbocycles. The summed E-state index contributed by atoms with van der Waals surface area (Å²) in [4.78, 5) is 12.2. The number of hydrogen-bond donors (Lipinski definition) is 2. The van der Waals surface area contributed by atoms with Gasteiger partial charge in [0.25, 0.3) is 0 Å². The third-order valence-electron chi connectivity index (χ3n) is 2.95. The van der Waals surface area contributed by atoms with E-state index >= 15 is 0 Å². The van der Waals surface area contributed by atoms with Gasteiger partial charge >= 0.3 is 6.09 Å². The van der Waals surface area contributed by atoms with E-state index in [4.69, 9.17) is 5.11 Å². The summed E-state index contributed by atoms with van der Waals surface area (Å²) in [5.41, 5.74) is 0. The number of hydrogen-bond acceptors (Lipinski definition) is 2. The molecule has 1 amide bonds. The number of likely N-dealkylation sites (tertiary alicyclic amines) is 1. The Morgan fingerprint density at radius 2 is 2.17 bits per heavy atom. The van der Waals surface area contributed by atoms with E-state index in [2.05, 4.69) is 5.32 Å². The van der Waals surface area contributed by atoms with Gasteiger partial charge in [0.15, 0.2) is 0 Å². The number of carboxylic acid groups (broad SMARTS) is 1. The molecule has 2 heterocycles. The average molecular weight is 170 g/mol. The molecule has 0 aromatic rings. The van der Waals surface area contributed by atoms with Crippen molar-refractivity contribution >= 4 is 6.09 Å². The van der Waals surface area contributed by atoms with Gasteiger partial charge in [-0.3, -0.25) is 0 Å². The van der Waals surface area contributed by atoms with Crippen LogP contribution in [-0.2, 0) is 0 Å². The molecule has 0 aliphatic carbocycles. The van der Waals surface area contributed by atoms with Crippen molar-refractivity contribution in [1.82, 2.24) is 10.2 Å². The van der Waals surface area contributed by atoms with E-state index in [9.17, 15) is 4.79 Å². The van der Waals surface area contributed by atoms with Gasteiger partial charge in [-0.2, -0.15) is 0 Å². The zero-order valence-corrected chi connectivity index (χ0v) is 6.99. The summed E-state index contributed by atoms with van der Waals surface area (Å²) in [7, 11) is 0. The molecule has 0 aromatic carbocycles. The molecule has 2 N–H and O–H groups in total. The summed E-state index contributed by atoms with van der Waals surface area (Å²) < 4.78 is 0. The quantitative estimate of drug-likeness (QED) is 0.546. The minimum atomic E-state index is -0.760. The fraction of sp³-hybridized carbons (Fsp3) is 0.875. The molecule has 12 heavy (non-hydrogen) atoms. The molecule has 0 aromatic heterocycles. The number of fused-ring (bicyclic) bond motifs is 1. The van der Waals surface area contributed by atoms with Crippen molar-refractivity contribution in [3.8, 4) is 0 Å². The van der Waals surface area contributed by atoms with E-state index in [0.717, 1.165) is 32.6 Å². The van der Waals surface area contributed by atoms with Crippen LogP contribution in [0.2, 0.25) is 0 Å². The largest absolute Gasteiger partial charge is 0.465 e. The van der Waals surface area contributed by atoms with Gasteiger partial charge in [0.05, 0.1) is 0 Å². The number of rotatable bonds is 0. The number of amides is 1. The van der Waals surface area contributed by atoms with Crippen LogP contribution >= 0.6 is 0 Å². The van der Waals surface area contributed by atoms with Crippen LogP contribution in [0.1, 0.15) is 6.42 Å². The summed E-state index contributed by atoms with van der Waals surface area (Å²) in [6.07, 6.45) is 0.374. The lowest BCUT2D eigenvalue weighted by atomic mass is 9.90. The topological polar surface area (TPSA) is 52.6 Å². The van der Waals surface area contributed by atoms with Gasteiger partial charge in [0, 0.05) is 13.1 Å². The van der Waals surface area contributed by atoms with E-state index in [0.29, 0.717) is 11.8 Å². The second kappa shape index (κ2) is 2.94. The monoisotopic (exact) mass is 170 g/mol. The smallest absolute Gasteiger partial charge is 0.407 e. The molecule has 2 unspecified atom stereocenters. The first-order valence-corrected chi connectivity index (χ1v) is 4.46. The van der Waals surface area contributed by atoms with Crippen LogP contribution in [0.25, 0.3) is 0 Å². The predicted octanol–water partition coefficient (Wildman–Crippen LogP) is 0.206. The summed E-state index contributed by atoms with van der Waals surface area (Å²) in [5, 5.41) is 12.1. The van der Waals surface area contributed by atoms with Crippen LogP contribution in [0.4, 0.5) is 4.79 Å².